The number of nitrogens with one attached hydrogen (secondary N) is 1. The van der Waals surface area contributed by atoms with Crippen LogP contribution in [0, 0.1) is 10.1 Å². The summed E-state index contributed by atoms with van der Waals surface area (Å²) >= 11 is 0. The second kappa shape index (κ2) is 6.57. The van der Waals surface area contributed by atoms with Gasteiger partial charge in [0, 0.05) is 26.2 Å². The van der Waals surface area contributed by atoms with Crippen LogP contribution in [-0.4, -0.2) is 37.3 Å². The van der Waals surface area contributed by atoms with Crippen LogP contribution in [0.2, 0.25) is 0 Å². The maximum Gasteiger partial charge on any atom is 0.334 e. The lowest BCUT2D eigenvalue weighted by atomic mass is 10.0. The monoisotopic (exact) mass is 370 g/mol. The maximum atomic E-state index is 12.4. The zero-order valence-corrected chi connectivity index (χ0v) is 15.4. The Balaban J connectivity index is 1.62. The Hall–Kier alpha value is -3.10. The minimum atomic E-state index is -0.336. The van der Waals surface area contributed by atoms with E-state index in [1.54, 1.807) is 11.7 Å². The van der Waals surface area contributed by atoms with Crippen molar-refractivity contribution in [3.8, 4) is 0 Å². The number of rotatable bonds is 4. The van der Waals surface area contributed by atoms with Gasteiger partial charge in [0.2, 0.25) is 5.82 Å². The summed E-state index contributed by atoms with van der Waals surface area (Å²) in [5.41, 5.74) is 2.24. The van der Waals surface area contributed by atoms with Crippen molar-refractivity contribution in [2.45, 2.75) is 32.2 Å². The fraction of sp³-hybridized carbons (Fsp3) is 0.444. The topological polar surface area (TPSA) is 102 Å². The molecule has 9 nitrogen and oxygen atoms in total. The Morgan fingerprint density at radius 1 is 1.30 bits per heavy atom. The first kappa shape index (κ1) is 17.3. The molecular formula is C18H22N6O3. The lowest BCUT2D eigenvalue weighted by Gasteiger charge is -2.33. The van der Waals surface area contributed by atoms with Gasteiger partial charge in [0.1, 0.15) is 5.69 Å². The van der Waals surface area contributed by atoms with Crippen LogP contribution in [0.3, 0.4) is 0 Å². The van der Waals surface area contributed by atoms with Crippen molar-refractivity contribution in [1.29, 1.82) is 0 Å². The molecule has 4 rings (SSSR count). The minimum absolute atomic E-state index is 0.0721. The number of aromatic amines is 1. The van der Waals surface area contributed by atoms with Crippen LogP contribution in [0.4, 0.5) is 11.5 Å². The number of fused-ring (bicyclic) bond motifs is 1. The number of benzene rings is 1. The quantitative estimate of drug-likeness (QED) is 0.561. The van der Waals surface area contributed by atoms with Crippen LogP contribution >= 0.6 is 0 Å². The summed E-state index contributed by atoms with van der Waals surface area (Å²) in [6, 6.07) is 7.74. The van der Waals surface area contributed by atoms with E-state index < -0.39 is 0 Å². The SMILES string of the molecule is CCc1nn(C)c(N2CCC(n3c(=O)[nH]c4ccccc43)CC2)c1[N+](=O)[O-]. The van der Waals surface area contributed by atoms with Gasteiger partial charge in [-0.3, -0.25) is 14.7 Å². The van der Waals surface area contributed by atoms with E-state index in [0.29, 0.717) is 31.0 Å². The highest BCUT2D eigenvalue weighted by molar-refractivity contribution is 5.75. The Kier molecular flexibility index (Phi) is 4.21. The molecule has 142 valence electrons. The Bertz CT molecular complexity index is 1050. The molecule has 9 heteroatoms. The molecule has 0 bridgehead atoms. The van der Waals surface area contributed by atoms with Gasteiger partial charge >= 0.3 is 11.4 Å². The van der Waals surface area contributed by atoms with Crippen molar-refractivity contribution >= 4 is 22.5 Å². The number of hydrogen-bond donors (Lipinski definition) is 1. The summed E-state index contributed by atoms with van der Waals surface area (Å²) < 4.78 is 3.43. The summed E-state index contributed by atoms with van der Waals surface area (Å²) in [7, 11) is 1.75. The van der Waals surface area contributed by atoms with Crippen molar-refractivity contribution in [3.05, 3.63) is 50.6 Å². The highest BCUT2D eigenvalue weighted by Crippen LogP contribution is 2.35. The van der Waals surface area contributed by atoms with Crippen LogP contribution in [0.1, 0.15) is 31.5 Å². The van der Waals surface area contributed by atoms with E-state index >= 15 is 0 Å². The predicted molar refractivity (Wildman–Crippen MR) is 102 cm³/mol. The zero-order valence-electron chi connectivity index (χ0n) is 15.4. The molecule has 0 atom stereocenters. The molecule has 0 amide bonds. The van der Waals surface area contributed by atoms with Crippen LogP contribution < -0.4 is 10.6 Å². The number of H-pyrrole nitrogens is 1. The number of aryl methyl sites for hydroxylation is 2. The number of piperidine rings is 1. The van der Waals surface area contributed by atoms with E-state index in [2.05, 4.69) is 10.1 Å². The van der Waals surface area contributed by atoms with E-state index in [4.69, 9.17) is 0 Å². The second-order valence-corrected chi connectivity index (χ2v) is 6.89. The van der Waals surface area contributed by atoms with Crippen molar-refractivity contribution in [2.75, 3.05) is 18.0 Å². The number of imidazole rings is 1. The molecule has 3 aromatic rings. The molecule has 27 heavy (non-hydrogen) atoms. The molecule has 0 unspecified atom stereocenters. The van der Waals surface area contributed by atoms with Crippen LogP contribution in [0.5, 0.6) is 0 Å². The fourth-order valence-corrected chi connectivity index (χ4v) is 4.11. The highest BCUT2D eigenvalue weighted by atomic mass is 16.6. The number of hydrogen-bond acceptors (Lipinski definition) is 5. The van der Waals surface area contributed by atoms with E-state index in [0.717, 1.165) is 23.9 Å². The minimum Gasteiger partial charge on any atom is -0.351 e. The van der Waals surface area contributed by atoms with E-state index in [-0.39, 0.29) is 22.3 Å². The molecule has 0 spiro atoms. The van der Waals surface area contributed by atoms with Crippen molar-refractivity contribution in [2.24, 2.45) is 7.05 Å². The Morgan fingerprint density at radius 3 is 2.67 bits per heavy atom. The average molecular weight is 370 g/mol. The van der Waals surface area contributed by atoms with Crippen LogP contribution in [0.25, 0.3) is 11.0 Å². The lowest BCUT2D eigenvalue weighted by molar-refractivity contribution is -0.384. The molecule has 3 heterocycles. The van der Waals surface area contributed by atoms with Gasteiger partial charge in [-0.15, -0.1) is 0 Å². The number of para-hydroxylation sites is 2. The third-order valence-corrected chi connectivity index (χ3v) is 5.33. The van der Waals surface area contributed by atoms with Gasteiger partial charge in [0.05, 0.1) is 16.0 Å². The van der Waals surface area contributed by atoms with Crippen molar-refractivity contribution in [1.82, 2.24) is 19.3 Å². The van der Waals surface area contributed by atoms with Gasteiger partial charge in [-0.1, -0.05) is 19.1 Å². The van der Waals surface area contributed by atoms with E-state index in [1.807, 2.05) is 40.7 Å². The standard InChI is InChI=1S/C18H22N6O3/c1-3-13-16(24(26)27)17(21(2)20-13)22-10-8-12(9-11-22)23-15-7-5-4-6-14(15)19-18(23)25/h4-7,12H,3,8-11H2,1-2H3,(H,19,25). The van der Waals surface area contributed by atoms with Gasteiger partial charge in [0.15, 0.2) is 0 Å². The van der Waals surface area contributed by atoms with E-state index in [9.17, 15) is 14.9 Å². The molecule has 2 aromatic heterocycles. The Labute approximate surface area is 155 Å². The summed E-state index contributed by atoms with van der Waals surface area (Å²) in [6.07, 6.45) is 2.00. The third kappa shape index (κ3) is 2.79. The van der Waals surface area contributed by atoms with Gasteiger partial charge in [0.25, 0.3) is 0 Å². The molecule has 1 aliphatic heterocycles. The summed E-state index contributed by atoms with van der Waals surface area (Å²) in [4.78, 5) is 28.6. The van der Waals surface area contributed by atoms with Gasteiger partial charge < -0.3 is 9.88 Å². The summed E-state index contributed by atoms with van der Waals surface area (Å²) in [5.74, 6) is 0.557. The molecule has 0 saturated carbocycles. The second-order valence-electron chi connectivity index (χ2n) is 6.89. The maximum absolute atomic E-state index is 12.4. The summed E-state index contributed by atoms with van der Waals surface area (Å²) in [6.45, 7) is 3.15. The smallest absolute Gasteiger partial charge is 0.334 e. The normalized spacial score (nSPS) is 15.6. The molecule has 0 radical (unpaired) electrons. The number of nitro groups is 1. The van der Waals surface area contributed by atoms with Crippen LogP contribution in [-0.2, 0) is 13.5 Å². The molecule has 1 fully saturated rings. The van der Waals surface area contributed by atoms with Crippen molar-refractivity contribution in [3.63, 3.8) is 0 Å². The average Bonchev–Trinajstić information content (AvgIpc) is 3.17. The van der Waals surface area contributed by atoms with Crippen molar-refractivity contribution < 1.29 is 4.92 Å². The third-order valence-electron chi connectivity index (χ3n) is 5.33. The first-order valence-electron chi connectivity index (χ1n) is 9.15. The molecule has 1 N–H and O–H groups in total. The predicted octanol–water partition coefficient (Wildman–Crippen LogP) is 2.38. The molecule has 1 aliphatic rings. The van der Waals surface area contributed by atoms with Gasteiger partial charge in [-0.05, 0) is 31.4 Å². The molecule has 1 aromatic carbocycles. The molecule has 0 aliphatic carbocycles. The molecule has 1 saturated heterocycles. The Morgan fingerprint density at radius 2 is 2.00 bits per heavy atom. The zero-order chi connectivity index (χ0) is 19.1. The highest BCUT2D eigenvalue weighted by Gasteiger charge is 2.32. The summed E-state index contributed by atoms with van der Waals surface area (Å²) in [5, 5.41) is 15.9. The number of nitrogens with zero attached hydrogens (tertiary/aromatic N) is 5. The number of anilines is 1. The molecular weight excluding hydrogens is 348 g/mol. The van der Waals surface area contributed by atoms with Gasteiger partial charge in [-0.25, -0.2) is 9.48 Å². The number of aromatic nitrogens is 4. The largest absolute Gasteiger partial charge is 0.351 e. The first-order valence-corrected chi connectivity index (χ1v) is 9.15. The fourth-order valence-electron chi connectivity index (χ4n) is 4.11. The van der Waals surface area contributed by atoms with E-state index in [1.165, 1.54) is 0 Å². The van der Waals surface area contributed by atoms with Crippen LogP contribution in [0.15, 0.2) is 29.1 Å². The van der Waals surface area contributed by atoms with Gasteiger partial charge in [-0.2, -0.15) is 5.10 Å². The first-order chi connectivity index (χ1) is 13.0. The lowest BCUT2D eigenvalue weighted by Crippen LogP contribution is -2.38.